The van der Waals surface area contributed by atoms with Gasteiger partial charge >= 0.3 is 5.97 Å². The number of nitrogens with zero attached hydrogens (tertiary/aromatic N) is 1. The lowest BCUT2D eigenvalue weighted by molar-refractivity contribution is 0.0697. The van der Waals surface area contributed by atoms with E-state index >= 15 is 0 Å². The number of carboxylic acid groups (broad SMARTS) is 1. The molecule has 0 aliphatic heterocycles. The SMILES string of the molecule is Cc1nsc(Nc2ccc(F)cc2Cl)c1C(=O)O. The normalized spacial score (nSPS) is 10.4. The highest BCUT2D eigenvalue weighted by Gasteiger charge is 2.18. The molecule has 0 unspecified atom stereocenters. The maximum Gasteiger partial charge on any atom is 0.340 e. The van der Waals surface area contributed by atoms with Crippen molar-refractivity contribution in [1.29, 1.82) is 0 Å². The maximum absolute atomic E-state index is 12.9. The molecule has 0 saturated carbocycles. The summed E-state index contributed by atoms with van der Waals surface area (Å²) in [5, 5.41) is 12.5. The second-order valence-electron chi connectivity index (χ2n) is 3.53. The Morgan fingerprint density at radius 1 is 1.56 bits per heavy atom. The highest BCUT2D eigenvalue weighted by atomic mass is 35.5. The van der Waals surface area contributed by atoms with E-state index < -0.39 is 11.8 Å². The maximum atomic E-state index is 12.9. The molecule has 1 aromatic carbocycles. The standard InChI is InChI=1S/C11H8ClFN2O2S/c1-5-9(11(16)17)10(18-15-5)14-8-3-2-6(13)4-7(8)12/h2-4,14H,1H3,(H,16,17). The first-order valence-corrected chi connectivity index (χ1v) is 6.06. The summed E-state index contributed by atoms with van der Waals surface area (Å²) in [6, 6.07) is 3.83. The van der Waals surface area contributed by atoms with Crippen LogP contribution in [0.1, 0.15) is 16.1 Å². The Balaban J connectivity index is 2.37. The summed E-state index contributed by atoms with van der Waals surface area (Å²) in [5.74, 6) is -1.52. The molecule has 1 aromatic heterocycles. The van der Waals surface area contributed by atoms with Crippen LogP contribution in [0.25, 0.3) is 0 Å². The molecule has 0 saturated heterocycles. The Bertz CT molecular complexity index is 615. The highest BCUT2D eigenvalue weighted by molar-refractivity contribution is 7.10. The Morgan fingerprint density at radius 3 is 2.89 bits per heavy atom. The molecular formula is C11H8ClFN2O2S. The number of hydrogen-bond donors (Lipinski definition) is 2. The van der Waals surface area contributed by atoms with E-state index in [0.29, 0.717) is 16.4 Å². The number of anilines is 2. The van der Waals surface area contributed by atoms with E-state index in [2.05, 4.69) is 9.69 Å². The van der Waals surface area contributed by atoms with E-state index in [1.54, 1.807) is 6.92 Å². The molecule has 2 N–H and O–H groups in total. The molecule has 4 nitrogen and oxygen atoms in total. The van der Waals surface area contributed by atoms with Crippen LogP contribution < -0.4 is 5.32 Å². The van der Waals surface area contributed by atoms with Gasteiger partial charge in [-0.3, -0.25) is 0 Å². The van der Waals surface area contributed by atoms with E-state index in [1.165, 1.54) is 12.1 Å². The van der Waals surface area contributed by atoms with Crippen LogP contribution in [-0.4, -0.2) is 15.4 Å². The number of nitrogens with one attached hydrogen (secondary N) is 1. The zero-order valence-corrected chi connectivity index (χ0v) is 10.8. The molecule has 2 aromatic rings. The van der Waals surface area contributed by atoms with Crippen LogP contribution in [0.4, 0.5) is 15.1 Å². The Labute approximate surface area is 111 Å². The largest absolute Gasteiger partial charge is 0.478 e. The summed E-state index contributed by atoms with van der Waals surface area (Å²) < 4.78 is 16.8. The Morgan fingerprint density at radius 2 is 2.28 bits per heavy atom. The van der Waals surface area contributed by atoms with Crippen molar-refractivity contribution in [3.8, 4) is 0 Å². The molecule has 0 atom stereocenters. The zero-order valence-electron chi connectivity index (χ0n) is 9.20. The fraction of sp³-hybridized carbons (Fsp3) is 0.0909. The second-order valence-corrected chi connectivity index (χ2v) is 4.71. The lowest BCUT2D eigenvalue weighted by Crippen LogP contribution is -2.01. The molecule has 0 amide bonds. The van der Waals surface area contributed by atoms with Crippen LogP contribution in [0.3, 0.4) is 0 Å². The highest BCUT2D eigenvalue weighted by Crippen LogP contribution is 2.31. The Hall–Kier alpha value is -1.66. The number of hydrogen-bond acceptors (Lipinski definition) is 4. The fourth-order valence-electron chi connectivity index (χ4n) is 1.42. The van der Waals surface area contributed by atoms with Gasteiger partial charge in [0, 0.05) is 0 Å². The second kappa shape index (κ2) is 4.91. The van der Waals surface area contributed by atoms with Crippen LogP contribution in [0.2, 0.25) is 5.02 Å². The fourth-order valence-corrected chi connectivity index (χ4v) is 2.44. The van der Waals surface area contributed by atoms with E-state index in [0.717, 1.165) is 17.6 Å². The molecule has 2 rings (SSSR count). The summed E-state index contributed by atoms with van der Waals surface area (Å²) in [4.78, 5) is 11.1. The molecule has 1 heterocycles. The third-order valence-corrected chi connectivity index (χ3v) is 3.42. The molecular weight excluding hydrogens is 279 g/mol. The number of carboxylic acids is 1. The van der Waals surface area contributed by atoms with Crippen molar-refractivity contribution in [3.63, 3.8) is 0 Å². The molecule has 7 heteroatoms. The summed E-state index contributed by atoms with van der Waals surface area (Å²) in [5.41, 5.74) is 0.956. The van der Waals surface area contributed by atoms with Crippen molar-refractivity contribution in [2.45, 2.75) is 6.92 Å². The van der Waals surface area contributed by atoms with Crippen molar-refractivity contribution < 1.29 is 14.3 Å². The van der Waals surface area contributed by atoms with Crippen molar-refractivity contribution in [2.75, 3.05) is 5.32 Å². The molecule has 18 heavy (non-hydrogen) atoms. The third kappa shape index (κ3) is 2.44. The molecule has 0 fully saturated rings. The van der Waals surface area contributed by atoms with Crippen molar-refractivity contribution in [2.24, 2.45) is 0 Å². The summed E-state index contributed by atoms with van der Waals surface area (Å²) in [6.07, 6.45) is 0. The number of rotatable bonds is 3. The molecule has 0 radical (unpaired) electrons. The van der Waals surface area contributed by atoms with Crippen LogP contribution in [0.15, 0.2) is 18.2 Å². The number of carbonyl (C=O) groups is 1. The van der Waals surface area contributed by atoms with Crippen LogP contribution in [0.5, 0.6) is 0 Å². The first-order valence-electron chi connectivity index (χ1n) is 4.90. The molecule has 0 spiro atoms. The van der Waals surface area contributed by atoms with Gasteiger partial charge in [0.25, 0.3) is 0 Å². The van der Waals surface area contributed by atoms with Crippen molar-refractivity contribution >= 4 is 39.8 Å². The van der Waals surface area contributed by atoms with Crippen LogP contribution in [-0.2, 0) is 0 Å². The van der Waals surface area contributed by atoms with Gasteiger partial charge < -0.3 is 10.4 Å². The third-order valence-electron chi connectivity index (χ3n) is 2.26. The average molecular weight is 287 g/mol. The summed E-state index contributed by atoms with van der Waals surface area (Å²) >= 11 is 6.87. The van der Waals surface area contributed by atoms with Gasteiger partial charge in [-0.1, -0.05) is 11.6 Å². The molecule has 0 bridgehead atoms. The number of aryl methyl sites for hydroxylation is 1. The average Bonchev–Trinajstić information content (AvgIpc) is 2.64. The minimum Gasteiger partial charge on any atom is -0.478 e. The predicted octanol–water partition coefficient (Wildman–Crippen LogP) is 3.69. The van der Waals surface area contributed by atoms with Gasteiger partial charge in [-0.15, -0.1) is 0 Å². The van der Waals surface area contributed by atoms with E-state index in [-0.39, 0.29) is 10.6 Å². The predicted molar refractivity (Wildman–Crippen MR) is 68.5 cm³/mol. The monoisotopic (exact) mass is 286 g/mol. The van der Waals surface area contributed by atoms with Crippen LogP contribution >= 0.6 is 23.1 Å². The van der Waals surface area contributed by atoms with Gasteiger partial charge in [-0.05, 0) is 36.7 Å². The lowest BCUT2D eigenvalue weighted by atomic mass is 10.2. The quantitative estimate of drug-likeness (QED) is 0.903. The lowest BCUT2D eigenvalue weighted by Gasteiger charge is -2.06. The smallest absolute Gasteiger partial charge is 0.340 e. The van der Waals surface area contributed by atoms with Gasteiger partial charge in [-0.25, -0.2) is 9.18 Å². The first-order chi connectivity index (χ1) is 8.49. The summed E-state index contributed by atoms with van der Waals surface area (Å²) in [6.45, 7) is 1.61. The van der Waals surface area contributed by atoms with E-state index in [4.69, 9.17) is 16.7 Å². The number of aromatic carboxylic acids is 1. The molecule has 0 aliphatic rings. The van der Waals surface area contributed by atoms with Gasteiger partial charge in [0.05, 0.1) is 16.4 Å². The van der Waals surface area contributed by atoms with Crippen molar-refractivity contribution in [3.05, 3.63) is 40.3 Å². The van der Waals surface area contributed by atoms with Crippen LogP contribution in [0, 0.1) is 12.7 Å². The molecule has 0 aliphatic carbocycles. The van der Waals surface area contributed by atoms with Gasteiger partial charge in [0.1, 0.15) is 16.4 Å². The zero-order chi connectivity index (χ0) is 13.3. The first kappa shape index (κ1) is 12.8. The minimum absolute atomic E-state index is 0.0976. The number of benzene rings is 1. The van der Waals surface area contributed by atoms with Gasteiger partial charge in [0.15, 0.2) is 0 Å². The number of halogens is 2. The van der Waals surface area contributed by atoms with E-state index in [1.807, 2.05) is 0 Å². The minimum atomic E-state index is -1.07. The van der Waals surface area contributed by atoms with Gasteiger partial charge in [0.2, 0.25) is 0 Å². The van der Waals surface area contributed by atoms with Gasteiger partial charge in [-0.2, -0.15) is 4.37 Å². The topological polar surface area (TPSA) is 62.2 Å². The molecule has 94 valence electrons. The Kier molecular flexibility index (Phi) is 3.49. The summed E-state index contributed by atoms with van der Waals surface area (Å²) in [7, 11) is 0. The van der Waals surface area contributed by atoms with E-state index in [9.17, 15) is 9.18 Å². The number of aromatic nitrogens is 1. The van der Waals surface area contributed by atoms with Crippen molar-refractivity contribution in [1.82, 2.24) is 4.37 Å².